The molecule has 1 heterocycles. The number of rotatable bonds is 17. The van der Waals surface area contributed by atoms with E-state index in [1.165, 1.54) is 42.3 Å². The monoisotopic (exact) mass is 828 g/mol. The van der Waals surface area contributed by atoms with Gasteiger partial charge in [-0.2, -0.15) is 16.8 Å². The van der Waals surface area contributed by atoms with Gasteiger partial charge in [-0.1, -0.05) is 39.0 Å². The van der Waals surface area contributed by atoms with Crippen LogP contribution in [0.4, 0.5) is 5.69 Å². The van der Waals surface area contributed by atoms with Crippen molar-refractivity contribution in [2.75, 3.05) is 45.5 Å². The van der Waals surface area contributed by atoms with E-state index in [-0.39, 0.29) is 103 Å². The first-order chi connectivity index (χ1) is 26.7. The average molecular weight is 829 g/mol. The van der Waals surface area contributed by atoms with Gasteiger partial charge in [-0.3, -0.25) is 33.3 Å². The van der Waals surface area contributed by atoms with Crippen molar-refractivity contribution in [1.29, 1.82) is 0 Å². The number of carbonyl (C=O) groups is 4. The van der Waals surface area contributed by atoms with Gasteiger partial charge < -0.3 is 31.0 Å². The highest BCUT2D eigenvalue weighted by Crippen LogP contribution is 2.45. The topological polar surface area (TPSA) is 268 Å². The molecule has 0 saturated carbocycles. The fourth-order valence-electron chi connectivity index (χ4n) is 6.02. The molecular formula is C38H48N6O11S2. The summed E-state index contributed by atoms with van der Waals surface area (Å²) in [6, 6.07) is 11.7. The normalized spacial score (nSPS) is 12.4. The van der Waals surface area contributed by atoms with Crippen LogP contribution < -0.4 is 27.0 Å². The van der Waals surface area contributed by atoms with E-state index in [1.54, 1.807) is 25.1 Å². The van der Waals surface area contributed by atoms with Crippen LogP contribution in [0.15, 0.2) is 67.7 Å². The number of amides is 4. The van der Waals surface area contributed by atoms with Gasteiger partial charge in [0, 0.05) is 80.1 Å². The third-order valence-corrected chi connectivity index (χ3v) is 11.2. The SMILES string of the molecule is CC/N=c1\ccc2c(-c3ccccc3C(=O)N(C)CCCC(=O)NCCNC(=O)CCNC(=O)C(C)(C)CC)c3ccc(N)c(S(=O)(=O)O)c3oc-2c1S(=O)(=O)O. The highest BCUT2D eigenvalue weighted by atomic mass is 32.2. The van der Waals surface area contributed by atoms with Crippen LogP contribution in [-0.2, 0) is 34.6 Å². The molecule has 2 aliphatic rings. The first-order valence-corrected chi connectivity index (χ1v) is 21.0. The summed E-state index contributed by atoms with van der Waals surface area (Å²) in [6.07, 6.45) is 1.09. The second kappa shape index (κ2) is 18.3. The molecule has 308 valence electrons. The van der Waals surface area contributed by atoms with E-state index < -0.39 is 58.4 Å². The lowest BCUT2D eigenvalue weighted by Crippen LogP contribution is -2.39. The Labute approximate surface area is 330 Å². The number of hydrogen-bond acceptors (Lipinski definition) is 11. The number of carbonyl (C=O) groups excluding carboxylic acids is 4. The van der Waals surface area contributed by atoms with E-state index in [9.17, 15) is 45.1 Å². The molecule has 2 aromatic rings. The summed E-state index contributed by atoms with van der Waals surface area (Å²) in [6.45, 7) is 8.00. The molecule has 0 saturated heterocycles. The van der Waals surface area contributed by atoms with Crippen molar-refractivity contribution in [3.8, 4) is 22.5 Å². The van der Waals surface area contributed by atoms with Gasteiger partial charge in [-0.15, -0.1) is 0 Å². The number of anilines is 1. The summed E-state index contributed by atoms with van der Waals surface area (Å²) in [5, 5.41) is 8.01. The fraction of sp³-hybridized carbons (Fsp3) is 0.395. The number of nitrogens with one attached hydrogen (secondary N) is 3. The van der Waals surface area contributed by atoms with E-state index in [1.807, 2.05) is 20.8 Å². The standard InChI is InChI=1S/C38H48N6O11S2/c1-6-38(3,4)37(48)43-19-18-30(46)42-21-20-41-29(45)13-10-22-44(5)36(47)24-12-9-8-11-23(24)31-25-14-16-27(39)34(56(49,50)51)32(25)55-33-26(31)15-17-28(40-7-2)35(33)57(52,53)54/h8-9,11-12,14-17H,6-7,10,13,18-22,39H2,1-5H3,(H,41,45)(H,42,46)(H,43,48)(H,49,50,51)(H,52,53,54)/b40-28+. The Hall–Kier alpha value is -5.37. The Morgan fingerprint density at radius 3 is 2.07 bits per heavy atom. The van der Waals surface area contributed by atoms with Gasteiger partial charge in [0.15, 0.2) is 21.1 Å². The lowest BCUT2D eigenvalue weighted by Gasteiger charge is -2.22. The smallest absolute Gasteiger partial charge is 0.300 e. The van der Waals surface area contributed by atoms with E-state index in [0.717, 1.165) is 0 Å². The number of benzene rings is 3. The molecule has 0 aromatic heterocycles. The quantitative estimate of drug-likeness (QED) is 0.0388. The van der Waals surface area contributed by atoms with Crippen molar-refractivity contribution < 1.29 is 49.5 Å². The Morgan fingerprint density at radius 2 is 1.46 bits per heavy atom. The minimum atomic E-state index is -5.07. The minimum absolute atomic E-state index is 0.0457. The third kappa shape index (κ3) is 10.5. The van der Waals surface area contributed by atoms with Gasteiger partial charge in [0.2, 0.25) is 17.7 Å². The molecule has 4 rings (SSSR count). The zero-order valence-electron chi connectivity index (χ0n) is 32.3. The first kappa shape index (κ1) is 44.3. The maximum absolute atomic E-state index is 14.0. The average Bonchev–Trinajstić information content (AvgIpc) is 3.14. The van der Waals surface area contributed by atoms with Crippen LogP contribution in [0.5, 0.6) is 0 Å². The molecule has 0 spiro atoms. The van der Waals surface area contributed by atoms with Crippen LogP contribution in [0.25, 0.3) is 33.4 Å². The molecule has 0 fully saturated rings. The zero-order chi connectivity index (χ0) is 42.3. The molecule has 4 amide bonds. The van der Waals surface area contributed by atoms with Gasteiger partial charge in [0.25, 0.3) is 26.1 Å². The summed E-state index contributed by atoms with van der Waals surface area (Å²) in [4.78, 5) is 54.8. The maximum Gasteiger partial charge on any atom is 0.300 e. The fourth-order valence-corrected chi connectivity index (χ4v) is 7.55. The van der Waals surface area contributed by atoms with Crippen molar-refractivity contribution in [3.63, 3.8) is 0 Å². The van der Waals surface area contributed by atoms with Crippen molar-refractivity contribution >= 4 is 60.5 Å². The van der Waals surface area contributed by atoms with Gasteiger partial charge in [0.1, 0.15) is 0 Å². The summed E-state index contributed by atoms with van der Waals surface area (Å²) in [7, 11) is -8.60. The molecule has 2 aromatic carbocycles. The second-order valence-electron chi connectivity index (χ2n) is 13.9. The van der Waals surface area contributed by atoms with Crippen molar-refractivity contribution in [2.24, 2.45) is 10.4 Å². The molecule has 57 heavy (non-hydrogen) atoms. The van der Waals surface area contributed by atoms with Crippen LogP contribution in [0.2, 0.25) is 0 Å². The molecule has 0 bridgehead atoms. The molecule has 0 atom stereocenters. The van der Waals surface area contributed by atoms with E-state index >= 15 is 0 Å². The van der Waals surface area contributed by atoms with Crippen molar-refractivity contribution in [1.82, 2.24) is 20.9 Å². The molecule has 1 aliphatic carbocycles. The molecule has 0 radical (unpaired) electrons. The molecule has 7 N–H and O–H groups in total. The Balaban J connectivity index is 1.54. The van der Waals surface area contributed by atoms with E-state index in [2.05, 4.69) is 20.9 Å². The molecule has 19 heteroatoms. The Bertz CT molecular complexity index is 2440. The Kier molecular flexibility index (Phi) is 14.2. The number of nitrogens with zero attached hydrogens (tertiary/aromatic N) is 2. The lowest BCUT2D eigenvalue weighted by molar-refractivity contribution is -0.129. The van der Waals surface area contributed by atoms with Crippen molar-refractivity contribution in [3.05, 3.63) is 59.5 Å². The zero-order valence-corrected chi connectivity index (χ0v) is 34.0. The predicted molar refractivity (Wildman–Crippen MR) is 212 cm³/mol. The molecule has 1 aliphatic heterocycles. The molecule has 0 unspecified atom stereocenters. The summed E-state index contributed by atoms with van der Waals surface area (Å²) >= 11 is 0. The number of nitrogen functional groups attached to an aromatic ring is 1. The maximum atomic E-state index is 14.0. The highest BCUT2D eigenvalue weighted by Gasteiger charge is 2.32. The van der Waals surface area contributed by atoms with Crippen LogP contribution in [-0.4, -0.2) is 94.2 Å². The van der Waals surface area contributed by atoms with Crippen LogP contribution in [0, 0.1) is 5.41 Å². The largest absolute Gasteiger partial charge is 0.453 e. The van der Waals surface area contributed by atoms with Gasteiger partial charge in [-0.25, -0.2) is 0 Å². The number of fused-ring (bicyclic) bond motifs is 2. The van der Waals surface area contributed by atoms with Crippen LogP contribution in [0.3, 0.4) is 0 Å². The third-order valence-electron chi connectivity index (χ3n) is 9.40. The number of nitrogens with two attached hydrogens (primary N) is 1. The summed E-state index contributed by atoms with van der Waals surface area (Å²) in [5.41, 5.74) is 5.05. The number of hydrogen-bond donors (Lipinski definition) is 6. The Morgan fingerprint density at radius 1 is 0.825 bits per heavy atom. The molecular weight excluding hydrogens is 781 g/mol. The minimum Gasteiger partial charge on any atom is -0.453 e. The van der Waals surface area contributed by atoms with Gasteiger partial charge in [0.05, 0.1) is 11.0 Å². The molecule has 17 nitrogen and oxygen atoms in total. The van der Waals surface area contributed by atoms with Crippen LogP contribution >= 0.6 is 0 Å². The summed E-state index contributed by atoms with van der Waals surface area (Å²) in [5.74, 6) is -1.70. The first-order valence-electron chi connectivity index (χ1n) is 18.2. The lowest BCUT2D eigenvalue weighted by atomic mass is 9.89. The van der Waals surface area contributed by atoms with Crippen LogP contribution in [0.1, 0.15) is 63.7 Å². The van der Waals surface area contributed by atoms with Crippen molar-refractivity contribution in [2.45, 2.75) is 63.2 Å². The highest BCUT2D eigenvalue weighted by molar-refractivity contribution is 7.86. The van der Waals surface area contributed by atoms with E-state index in [4.69, 9.17) is 10.2 Å². The second-order valence-corrected chi connectivity index (χ2v) is 16.6. The van der Waals surface area contributed by atoms with E-state index in [0.29, 0.717) is 6.42 Å². The summed E-state index contributed by atoms with van der Waals surface area (Å²) < 4.78 is 77.3. The van der Waals surface area contributed by atoms with Gasteiger partial charge >= 0.3 is 0 Å². The predicted octanol–water partition coefficient (Wildman–Crippen LogP) is 3.23. The van der Waals surface area contributed by atoms with Gasteiger partial charge in [-0.05, 0) is 55.7 Å².